The molecule has 28 heavy (non-hydrogen) atoms. The van der Waals surface area contributed by atoms with Crippen molar-refractivity contribution < 1.29 is 40.6 Å². The van der Waals surface area contributed by atoms with Crippen molar-refractivity contribution in [3.05, 3.63) is 53.1 Å². The molecule has 1 heterocycles. The summed E-state index contributed by atoms with van der Waals surface area (Å²) < 4.78 is 89.2. The van der Waals surface area contributed by atoms with Crippen LogP contribution in [0.15, 0.2) is 42.5 Å². The highest BCUT2D eigenvalue weighted by Crippen LogP contribution is 2.45. The molecule has 1 aliphatic heterocycles. The van der Waals surface area contributed by atoms with Gasteiger partial charge in [-0.1, -0.05) is 23.7 Å². The predicted molar refractivity (Wildman–Crippen MR) is 85.1 cm³/mol. The predicted octanol–water partition coefficient (Wildman–Crippen LogP) is 5.17. The first-order valence-corrected chi connectivity index (χ1v) is 7.79. The normalized spacial score (nSPS) is 15.2. The minimum Gasteiger partial charge on any atom is -0.424 e. The van der Waals surface area contributed by atoms with E-state index in [9.17, 15) is 31.1 Å². The number of halogens is 7. The van der Waals surface area contributed by atoms with Crippen LogP contribution in [-0.2, 0) is 6.18 Å². The summed E-state index contributed by atoms with van der Waals surface area (Å²) >= 11 is 5.51. The van der Waals surface area contributed by atoms with E-state index in [0.717, 1.165) is 12.1 Å². The molecule has 0 fully saturated rings. The fourth-order valence-corrected chi connectivity index (χ4v) is 2.52. The molecule has 0 saturated carbocycles. The zero-order valence-corrected chi connectivity index (χ0v) is 14.2. The largest absolute Gasteiger partial charge is 0.492 e. The Bertz CT molecular complexity index is 891. The third kappa shape index (κ3) is 3.75. The summed E-state index contributed by atoms with van der Waals surface area (Å²) in [5, 5.41) is 2.83. The lowest BCUT2D eigenvalue weighted by Gasteiger charge is -2.29. The number of hydrogen-bond donors (Lipinski definition) is 2. The zero-order valence-electron chi connectivity index (χ0n) is 13.4. The number of ether oxygens (including phenoxy) is 2. The van der Waals surface area contributed by atoms with Crippen molar-refractivity contribution in [2.24, 2.45) is 0 Å². The minimum atomic E-state index is -5.25. The zero-order chi connectivity index (χ0) is 20.7. The van der Waals surface area contributed by atoms with Crippen LogP contribution in [0.1, 0.15) is 5.56 Å². The van der Waals surface area contributed by atoms with Crippen molar-refractivity contribution >= 4 is 23.3 Å². The maximum Gasteiger partial charge on any atom is 0.492 e. The molecule has 0 aliphatic carbocycles. The van der Waals surface area contributed by atoms with Gasteiger partial charge in [-0.15, -0.1) is 0 Å². The number of fused-ring (bicyclic) bond motifs is 1. The van der Waals surface area contributed by atoms with Gasteiger partial charge in [-0.3, -0.25) is 5.32 Å². The van der Waals surface area contributed by atoms with Crippen LogP contribution in [0.25, 0.3) is 0 Å². The maximum atomic E-state index is 13.5. The molecule has 12 heteroatoms. The van der Waals surface area contributed by atoms with Crippen molar-refractivity contribution in [2.75, 3.05) is 5.32 Å². The first-order valence-electron chi connectivity index (χ1n) is 7.41. The van der Waals surface area contributed by atoms with E-state index in [2.05, 4.69) is 0 Å². The van der Waals surface area contributed by atoms with Crippen molar-refractivity contribution in [3.63, 3.8) is 0 Å². The van der Waals surface area contributed by atoms with Crippen LogP contribution in [-0.4, -0.2) is 18.1 Å². The van der Waals surface area contributed by atoms with E-state index < -0.39 is 35.5 Å². The molecule has 1 aliphatic rings. The Hall–Kier alpha value is -2.82. The summed E-state index contributed by atoms with van der Waals surface area (Å²) in [5.41, 5.74) is -2.14. The smallest absolute Gasteiger partial charge is 0.424 e. The fraction of sp³-hybridized carbons (Fsp3) is 0.188. The van der Waals surface area contributed by atoms with Crippen molar-refractivity contribution in [1.29, 1.82) is 0 Å². The van der Waals surface area contributed by atoms with Gasteiger partial charge >= 0.3 is 24.3 Å². The van der Waals surface area contributed by atoms with Crippen LogP contribution in [0.3, 0.4) is 0 Å². The van der Waals surface area contributed by atoms with Gasteiger partial charge in [0.05, 0.1) is 11.3 Å². The number of alkyl halides is 6. The van der Waals surface area contributed by atoms with Crippen LogP contribution in [0.4, 0.5) is 36.8 Å². The van der Waals surface area contributed by atoms with Crippen LogP contribution in [0.5, 0.6) is 11.5 Å². The summed E-state index contributed by atoms with van der Waals surface area (Å²) in [6.07, 6.45) is -10.2. The topological polar surface area (TPSA) is 59.6 Å². The molecule has 0 spiro atoms. The van der Waals surface area contributed by atoms with E-state index in [0.29, 0.717) is 6.07 Å². The number of carbonyl (C=O) groups excluding carboxylic acids is 1. The van der Waals surface area contributed by atoms with E-state index >= 15 is 0 Å². The second-order valence-corrected chi connectivity index (χ2v) is 5.97. The molecule has 0 saturated heterocycles. The third-order valence-corrected chi connectivity index (χ3v) is 3.78. The number of hydrogen-bond acceptors (Lipinski definition) is 3. The number of nitrogens with one attached hydrogen (secondary N) is 2. The molecule has 2 aromatic rings. The Morgan fingerprint density at radius 3 is 2.04 bits per heavy atom. The second-order valence-electron chi connectivity index (χ2n) is 5.53. The molecule has 0 aromatic heterocycles. The van der Waals surface area contributed by atoms with Gasteiger partial charge in [0.15, 0.2) is 11.5 Å². The number of carbonyl (C=O) groups is 1. The molecule has 2 aromatic carbocycles. The Labute approximate surface area is 158 Å². The Balaban J connectivity index is 1.86. The highest BCUT2D eigenvalue weighted by molar-refractivity contribution is 6.30. The SMILES string of the molecule is O=C(Nc1ccc(Cl)cc1C(F)(F)F)NC1(C(F)(F)F)Oc2ccccc2O1. The third-order valence-electron chi connectivity index (χ3n) is 3.54. The lowest BCUT2D eigenvalue weighted by molar-refractivity contribution is -0.317. The molecule has 3 rings (SSSR count). The van der Waals surface area contributed by atoms with E-state index in [1.54, 1.807) is 5.32 Å². The average molecular weight is 427 g/mol. The van der Waals surface area contributed by atoms with Crippen LogP contribution in [0.2, 0.25) is 5.02 Å². The summed E-state index contributed by atoms with van der Waals surface area (Å²) in [6.45, 7) is 0. The fourth-order valence-electron chi connectivity index (χ4n) is 2.35. The average Bonchev–Trinajstić information content (AvgIpc) is 2.94. The Kier molecular flexibility index (Phi) is 4.74. The molecular weight excluding hydrogens is 418 g/mol. The number of benzene rings is 2. The maximum absolute atomic E-state index is 13.5. The van der Waals surface area contributed by atoms with Crippen LogP contribution in [0, 0.1) is 0 Å². The second kappa shape index (κ2) is 6.66. The van der Waals surface area contributed by atoms with Gasteiger partial charge in [-0.2, -0.15) is 26.3 Å². The van der Waals surface area contributed by atoms with Gasteiger partial charge in [-0.05, 0) is 30.3 Å². The van der Waals surface area contributed by atoms with Crippen molar-refractivity contribution in [1.82, 2.24) is 5.32 Å². The first kappa shape index (κ1) is 19.9. The van der Waals surface area contributed by atoms with Gasteiger partial charge in [0.25, 0.3) is 0 Å². The molecule has 0 radical (unpaired) electrons. The monoisotopic (exact) mass is 426 g/mol. The summed E-state index contributed by atoms with van der Waals surface area (Å²) in [6, 6.07) is 5.80. The minimum absolute atomic E-state index is 0.275. The molecule has 0 bridgehead atoms. The summed E-state index contributed by atoms with van der Waals surface area (Å²) in [7, 11) is 0. The molecule has 2 N–H and O–H groups in total. The van der Waals surface area contributed by atoms with Crippen LogP contribution >= 0.6 is 11.6 Å². The first-order chi connectivity index (χ1) is 12.9. The molecule has 5 nitrogen and oxygen atoms in total. The number of amides is 2. The molecule has 0 unspecified atom stereocenters. The van der Waals surface area contributed by atoms with Gasteiger partial charge in [0.1, 0.15) is 0 Å². The van der Waals surface area contributed by atoms with Gasteiger partial charge in [0.2, 0.25) is 0 Å². The number of para-hydroxylation sites is 2. The van der Waals surface area contributed by atoms with E-state index in [-0.39, 0.29) is 16.5 Å². The highest BCUT2D eigenvalue weighted by atomic mass is 35.5. The Morgan fingerprint density at radius 1 is 0.964 bits per heavy atom. The van der Waals surface area contributed by atoms with Crippen molar-refractivity contribution in [2.45, 2.75) is 18.3 Å². The van der Waals surface area contributed by atoms with Gasteiger partial charge in [-0.25, -0.2) is 4.79 Å². The molecule has 0 atom stereocenters. The van der Waals surface area contributed by atoms with Gasteiger partial charge < -0.3 is 14.8 Å². The number of urea groups is 1. The molecule has 2 amide bonds. The molecule has 150 valence electrons. The molecular formula is C16H9ClF6N2O3. The summed E-state index contributed by atoms with van der Waals surface area (Å²) in [4.78, 5) is 12.1. The van der Waals surface area contributed by atoms with Gasteiger partial charge in [0, 0.05) is 5.02 Å². The Morgan fingerprint density at radius 2 is 1.54 bits per heavy atom. The van der Waals surface area contributed by atoms with E-state index in [1.165, 1.54) is 29.6 Å². The lowest BCUT2D eigenvalue weighted by Crippen LogP contribution is -2.65. The number of rotatable bonds is 2. The van der Waals surface area contributed by atoms with E-state index in [4.69, 9.17) is 21.1 Å². The standard InChI is InChI=1S/C16H9ClF6N2O3/c17-8-5-6-10(9(7-8)14(18,19)20)24-13(26)25-16(15(21,22)23)27-11-3-1-2-4-12(11)28-16/h1-7H,(H2,24,25,26). The van der Waals surface area contributed by atoms with Crippen molar-refractivity contribution in [3.8, 4) is 11.5 Å². The quantitative estimate of drug-likeness (QED) is 0.652. The summed E-state index contributed by atoms with van der Waals surface area (Å²) in [5.74, 6) is -4.21. The lowest BCUT2D eigenvalue weighted by atomic mass is 10.1. The highest BCUT2D eigenvalue weighted by Gasteiger charge is 2.65. The number of anilines is 1. The van der Waals surface area contributed by atoms with Crippen LogP contribution < -0.4 is 20.1 Å². The van der Waals surface area contributed by atoms with E-state index in [1.807, 2.05) is 0 Å².